The van der Waals surface area contributed by atoms with Crippen molar-refractivity contribution in [3.05, 3.63) is 0 Å². The van der Waals surface area contributed by atoms with Gasteiger partial charge in [0.2, 0.25) is 0 Å². The maximum Gasteiger partial charge on any atom is 0.132 e. The molecule has 1 aliphatic rings. The van der Waals surface area contributed by atoms with E-state index >= 15 is 0 Å². The van der Waals surface area contributed by atoms with E-state index in [0.29, 0.717) is 0 Å². The lowest BCUT2D eigenvalue weighted by molar-refractivity contribution is -0.118. The zero-order valence-electron chi connectivity index (χ0n) is 10.9. The summed E-state index contributed by atoms with van der Waals surface area (Å²) in [7, 11) is 0. The third-order valence-electron chi connectivity index (χ3n) is 0.477. The molecule has 0 aliphatic heterocycles. The highest BCUT2D eigenvalue weighted by Gasteiger charge is 2.25. The summed E-state index contributed by atoms with van der Waals surface area (Å²) in [5.41, 5.74) is 0. The minimum atomic E-state index is -3.14. The number of hydrogen-bond donors (Lipinski definition) is 0. The molecule has 0 N–H and O–H groups in total. The van der Waals surface area contributed by atoms with Crippen molar-refractivity contribution >= 4 is 5.78 Å². The second-order valence-corrected chi connectivity index (χ2v) is 0.954. The van der Waals surface area contributed by atoms with Crippen molar-refractivity contribution in [2.24, 2.45) is 5.89 Å². The standard InChI is InChI=1S/C5H8O/c1-4(6)5-2-3-5/h5H,2-3H2,1H3/i1D3,2D2,3D2,5D. The molecule has 1 fully saturated rings. The summed E-state index contributed by atoms with van der Waals surface area (Å²) in [6.07, 6.45) is -5.46. The Morgan fingerprint density at radius 3 is 3.17 bits per heavy atom. The van der Waals surface area contributed by atoms with E-state index in [-0.39, 0.29) is 0 Å². The van der Waals surface area contributed by atoms with Gasteiger partial charge in [0.25, 0.3) is 0 Å². The molecule has 1 nitrogen and oxygen atoms in total. The first kappa shape index (κ1) is 0.662. The molecule has 0 spiro atoms. The Bertz CT molecular complexity index is 275. The lowest BCUT2D eigenvalue weighted by Gasteiger charge is -1.75. The third kappa shape index (κ3) is 0.588. The van der Waals surface area contributed by atoms with Gasteiger partial charge in [-0.25, -0.2) is 0 Å². The van der Waals surface area contributed by atoms with E-state index in [9.17, 15) is 4.79 Å². The second-order valence-electron chi connectivity index (χ2n) is 0.954. The number of carbonyl (C=O) groups is 1. The Morgan fingerprint density at radius 1 is 2.33 bits per heavy atom. The molecule has 0 saturated heterocycles. The van der Waals surface area contributed by atoms with Crippen molar-refractivity contribution in [2.75, 3.05) is 0 Å². The predicted molar refractivity (Wildman–Crippen MR) is 23.4 cm³/mol. The summed E-state index contributed by atoms with van der Waals surface area (Å²) in [5, 5.41) is 0. The van der Waals surface area contributed by atoms with Gasteiger partial charge in [-0.1, -0.05) is 0 Å². The quantitative estimate of drug-likeness (QED) is 0.471. The van der Waals surface area contributed by atoms with Crippen LogP contribution in [-0.4, -0.2) is 5.78 Å². The summed E-state index contributed by atoms with van der Waals surface area (Å²) < 4.78 is 55.6. The van der Waals surface area contributed by atoms with Gasteiger partial charge in [0.05, 0.1) is 0 Å². The van der Waals surface area contributed by atoms with Gasteiger partial charge in [-0.3, -0.25) is 4.79 Å². The fourth-order valence-electron chi connectivity index (χ4n) is 0.145. The van der Waals surface area contributed by atoms with E-state index < -0.39 is 31.3 Å². The normalized spacial score (nSPS) is 64.7. The van der Waals surface area contributed by atoms with Gasteiger partial charge in [-0.15, -0.1) is 0 Å². The fourth-order valence-corrected chi connectivity index (χ4v) is 0.145. The van der Waals surface area contributed by atoms with Crippen molar-refractivity contribution in [3.63, 3.8) is 0 Å². The fraction of sp³-hybridized carbons (Fsp3) is 0.800. The molecule has 0 amide bonds. The molecule has 0 aromatic carbocycles. The maximum absolute atomic E-state index is 11.1. The largest absolute Gasteiger partial charge is 0.300 e. The Kier molecular flexibility index (Phi) is 0.118. The van der Waals surface area contributed by atoms with Gasteiger partial charge in [0.1, 0.15) is 5.78 Å². The molecule has 0 aromatic rings. The highest BCUT2D eigenvalue weighted by Crippen LogP contribution is 2.29. The summed E-state index contributed by atoms with van der Waals surface area (Å²) in [4.78, 5) is 11.1. The van der Waals surface area contributed by atoms with Crippen molar-refractivity contribution in [1.82, 2.24) is 0 Å². The first-order valence-corrected chi connectivity index (χ1v) is 1.45. The molecular weight excluding hydrogens is 76.1 g/mol. The van der Waals surface area contributed by atoms with Crippen LogP contribution in [0.2, 0.25) is 0 Å². The van der Waals surface area contributed by atoms with Gasteiger partial charge in [-0.2, -0.15) is 0 Å². The molecule has 0 unspecified atom stereocenters. The van der Waals surface area contributed by atoms with Gasteiger partial charge in [-0.05, 0) is 19.6 Å². The summed E-state index contributed by atoms with van der Waals surface area (Å²) in [6, 6.07) is 0. The second kappa shape index (κ2) is 1.07. The SMILES string of the molecule is [2H]C([2H])([2H])C(=O)C1([2H])C([2H])([2H])C1([2H])[2H]. The van der Waals surface area contributed by atoms with Crippen molar-refractivity contribution < 1.29 is 15.8 Å². The van der Waals surface area contributed by atoms with Crippen LogP contribution in [0.25, 0.3) is 0 Å². The van der Waals surface area contributed by atoms with Crippen molar-refractivity contribution in [2.45, 2.75) is 19.6 Å². The molecule has 34 valence electrons. The minimum Gasteiger partial charge on any atom is -0.300 e. The molecule has 0 bridgehead atoms. The summed E-state index contributed by atoms with van der Waals surface area (Å²) >= 11 is 0. The van der Waals surface area contributed by atoms with Crippen LogP contribution in [0.15, 0.2) is 0 Å². The molecule has 6 heavy (non-hydrogen) atoms. The van der Waals surface area contributed by atoms with E-state index in [0.717, 1.165) is 0 Å². The highest BCUT2D eigenvalue weighted by atomic mass is 16.1. The Hall–Kier alpha value is -0.330. The van der Waals surface area contributed by atoms with Crippen molar-refractivity contribution in [3.8, 4) is 0 Å². The number of hydrogen-bond acceptors (Lipinski definition) is 1. The Balaban J connectivity index is 3.10. The van der Waals surface area contributed by atoms with Crippen molar-refractivity contribution in [1.29, 1.82) is 0 Å². The van der Waals surface area contributed by atoms with Gasteiger partial charge in [0.15, 0.2) is 0 Å². The zero-order valence-corrected chi connectivity index (χ0v) is 2.91. The average molecular weight is 92.2 g/mol. The third-order valence-corrected chi connectivity index (χ3v) is 0.477. The number of ketones is 1. The van der Waals surface area contributed by atoms with Gasteiger partial charge in [0, 0.05) is 16.9 Å². The predicted octanol–water partition coefficient (Wildman–Crippen LogP) is 0.985. The van der Waals surface area contributed by atoms with E-state index in [1.165, 1.54) is 0 Å². The highest BCUT2D eigenvalue weighted by molar-refractivity contribution is 5.80. The average Bonchev–Trinajstić information content (AvgIpc) is 2.26. The number of rotatable bonds is 1. The first-order valence-electron chi connectivity index (χ1n) is 5.45. The van der Waals surface area contributed by atoms with E-state index in [1.54, 1.807) is 0 Å². The van der Waals surface area contributed by atoms with Crippen LogP contribution in [0.5, 0.6) is 0 Å². The molecule has 0 heterocycles. The monoisotopic (exact) mass is 92.1 g/mol. The number of carbonyl (C=O) groups excluding carboxylic acids is 1. The van der Waals surface area contributed by atoms with Gasteiger partial charge < -0.3 is 0 Å². The van der Waals surface area contributed by atoms with E-state index in [1.807, 2.05) is 0 Å². The van der Waals surface area contributed by atoms with Crippen LogP contribution < -0.4 is 0 Å². The molecule has 0 atom stereocenters. The molecule has 0 radical (unpaired) electrons. The summed E-state index contributed by atoms with van der Waals surface area (Å²) in [5.74, 6) is -4.48. The number of Topliss-reactive ketones (excluding diaryl/α,β-unsaturated/α-hetero) is 1. The maximum atomic E-state index is 11.1. The zero-order chi connectivity index (χ0) is 11.6. The van der Waals surface area contributed by atoms with E-state index in [4.69, 9.17) is 11.0 Å². The van der Waals surface area contributed by atoms with Crippen LogP contribution in [0, 0.1) is 5.89 Å². The molecule has 1 saturated carbocycles. The minimum absolute atomic E-state index is 1.68. The van der Waals surface area contributed by atoms with Crippen LogP contribution in [0.3, 0.4) is 0 Å². The smallest absolute Gasteiger partial charge is 0.132 e. The molecule has 0 aromatic heterocycles. The van der Waals surface area contributed by atoms with Crippen LogP contribution in [-0.2, 0) is 4.79 Å². The van der Waals surface area contributed by atoms with Crippen LogP contribution in [0.1, 0.15) is 30.6 Å². The molecular formula is C5H8O. The summed E-state index contributed by atoms with van der Waals surface area (Å²) in [6.45, 7) is -3.14. The topological polar surface area (TPSA) is 17.1 Å². The lowest BCUT2D eigenvalue weighted by atomic mass is 10.3. The lowest BCUT2D eigenvalue weighted by Crippen LogP contribution is -1.88. The van der Waals surface area contributed by atoms with Crippen LogP contribution in [0.4, 0.5) is 0 Å². The van der Waals surface area contributed by atoms with E-state index in [2.05, 4.69) is 0 Å². The molecule has 1 rings (SSSR count). The first-order chi connectivity index (χ1) is 5.90. The van der Waals surface area contributed by atoms with Crippen LogP contribution >= 0.6 is 0 Å². The van der Waals surface area contributed by atoms with Gasteiger partial charge >= 0.3 is 0 Å². The molecule has 1 heteroatoms. The molecule has 1 aliphatic carbocycles. The Labute approximate surface area is 48.6 Å². The Morgan fingerprint density at radius 2 is 3.00 bits per heavy atom.